The number of ether oxygens (including phenoxy) is 2. The number of aromatic nitrogens is 1. The smallest absolute Gasteiger partial charge is 0.255 e. The van der Waals surface area contributed by atoms with E-state index in [9.17, 15) is 9.59 Å². The molecule has 1 N–H and O–H groups in total. The summed E-state index contributed by atoms with van der Waals surface area (Å²) < 4.78 is 10.5. The lowest BCUT2D eigenvalue weighted by Gasteiger charge is -2.07. The summed E-state index contributed by atoms with van der Waals surface area (Å²) in [5.74, 6) is 0.814. The van der Waals surface area contributed by atoms with E-state index in [1.807, 2.05) is 0 Å². The van der Waals surface area contributed by atoms with Crippen molar-refractivity contribution < 1.29 is 19.1 Å². The number of benzene rings is 2. The number of rotatable bonds is 4. The zero-order valence-electron chi connectivity index (χ0n) is 13.6. The van der Waals surface area contributed by atoms with E-state index in [0.29, 0.717) is 33.9 Å². The minimum Gasteiger partial charge on any atom is -0.454 e. The normalized spacial score (nSPS) is 11.8. The van der Waals surface area contributed by atoms with Crippen LogP contribution in [0.1, 0.15) is 26.3 Å². The van der Waals surface area contributed by atoms with Gasteiger partial charge in [0.05, 0.1) is 0 Å². The van der Waals surface area contributed by atoms with Gasteiger partial charge >= 0.3 is 0 Å². The molecule has 1 aliphatic heterocycles. The zero-order valence-corrected chi connectivity index (χ0v) is 13.6. The first-order valence-corrected chi connectivity index (χ1v) is 7.96. The minimum atomic E-state index is -0.267. The summed E-state index contributed by atoms with van der Waals surface area (Å²) in [7, 11) is 0. The van der Waals surface area contributed by atoms with Crippen LogP contribution in [0.5, 0.6) is 11.5 Å². The van der Waals surface area contributed by atoms with Crippen molar-refractivity contribution >= 4 is 17.4 Å². The number of carbonyl (C=O) groups is 2. The van der Waals surface area contributed by atoms with Gasteiger partial charge in [-0.1, -0.05) is 0 Å². The van der Waals surface area contributed by atoms with Crippen molar-refractivity contribution in [2.75, 3.05) is 12.1 Å². The fourth-order valence-electron chi connectivity index (χ4n) is 2.62. The molecule has 0 radical (unpaired) electrons. The lowest BCUT2D eigenvalue weighted by atomic mass is 10.0. The van der Waals surface area contributed by atoms with E-state index in [4.69, 9.17) is 9.47 Å². The number of nitrogens with zero attached hydrogens (tertiary/aromatic N) is 1. The lowest BCUT2D eigenvalue weighted by Crippen LogP contribution is -2.12. The molecular formula is C20H14N2O4. The molecule has 1 amide bonds. The first kappa shape index (κ1) is 15.8. The first-order chi connectivity index (χ1) is 12.7. The fourth-order valence-corrected chi connectivity index (χ4v) is 2.62. The van der Waals surface area contributed by atoms with Crippen LogP contribution in [0.2, 0.25) is 0 Å². The Kier molecular flexibility index (Phi) is 4.07. The summed E-state index contributed by atoms with van der Waals surface area (Å²) in [6.45, 7) is 0.160. The number of anilines is 1. The highest BCUT2D eigenvalue weighted by Gasteiger charge is 2.16. The Morgan fingerprint density at radius 3 is 2.23 bits per heavy atom. The number of hydrogen-bond donors (Lipinski definition) is 1. The van der Waals surface area contributed by atoms with Crippen molar-refractivity contribution in [2.24, 2.45) is 0 Å². The maximum atomic E-state index is 12.4. The van der Waals surface area contributed by atoms with E-state index in [1.54, 1.807) is 67.0 Å². The third-order valence-corrected chi connectivity index (χ3v) is 3.98. The predicted octanol–water partition coefficient (Wildman–Crippen LogP) is 3.29. The third kappa shape index (κ3) is 3.12. The molecule has 6 heteroatoms. The summed E-state index contributed by atoms with van der Waals surface area (Å²) >= 11 is 0. The molecule has 2 aromatic carbocycles. The Morgan fingerprint density at radius 1 is 0.808 bits per heavy atom. The topological polar surface area (TPSA) is 77.5 Å². The molecular weight excluding hydrogens is 332 g/mol. The summed E-state index contributed by atoms with van der Waals surface area (Å²) in [4.78, 5) is 28.6. The molecule has 2 heterocycles. The van der Waals surface area contributed by atoms with Crippen molar-refractivity contribution in [2.45, 2.75) is 0 Å². The quantitative estimate of drug-likeness (QED) is 0.734. The van der Waals surface area contributed by atoms with Gasteiger partial charge in [-0.05, 0) is 54.6 Å². The van der Waals surface area contributed by atoms with E-state index in [0.717, 1.165) is 0 Å². The Bertz CT molecular complexity index is 969. The van der Waals surface area contributed by atoms with Crippen LogP contribution < -0.4 is 14.8 Å². The maximum Gasteiger partial charge on any atom is 0.255 e. The Morgan fingerprint density at radius 2 is 1.46 bits per heavy atom. The summed E-state index contributed by atoms with van der Waals surface area (Å²) in [6.07, 6.45) is 3.15. The molecule has 0 unspecified atom stereocenters. The number of nitrogens with one attached hydrogen (secondary N) is 1. The highest BCUT2D eigenvalue weighted by Crippen LogP contribution is 2.32. The van der Waals surface area contributed by atoms with Crippen LogP contribution in [-0.2, 0) is 0 Å². The Labute approximate surface area is 149 Å². The van der Waals surface area contributed by atoms with Gasteiger partial charge in [-0.15, -0.1) is 0 Å². The Hall–Kier alpha value is -3.67. The average molecular weight is 346 g/mol. The SMILES string of the molecule is O=C(Nc1ccc(C(=O)c2ccncc2)cc1)c1ccc2c(c1)OCO2. The third-order valence-electron chi connectivity index (χ3n) is 3.98. The minimum absolute atomic E-state index is 0.0963. The van der Waals surface area contributed by atoms with Crippen molar-refractivity contribution in [1.29, 1.82) is 0 Å². The second-order valence-electron chi connectivity index (χ2n) is 5.66. The van der Waals surface area contributed by atoms with Gasteiger partial charge in [0.1, 0.15) is 0 Å². The van der Waals surface area contributed by atoms with Gasteiger partial charge in [-0.3, -0.25) is 14.6 Å². The van der Waals surface area contributed by atoms with Crippen LogP contribution in [0.3, 0.4) is 0 Å². The molecule has 0 aliphatic carbocycles. The lowest BCUT2D eigenvalue weighted by molar-refractivity contribution is 0.102. The van der Waals surface area contributed by atoms with Crippen LogP contribution in [0, 0.1) is 0 Å². The molecule has 0 saturated heterocycles. The van der Waals surface area contributed by atoms with Crippen molar-refractivity contribution in [3.8, 4) is 11.5 Å². The predicted molar refractivity (Wildman–Crippen MR) is 94.6 cm³/mol. The van der Waals surface area contributed by atoms with E-state index in [2.05, 4.69) is 10.3 Å². The molecule has 0 spiro atoms. The highest BCUT2D eigenvalue weighted by atomic mass is 16.7. The molecule has 1 aromatic heterocycles. The largest absolute Gasteiger partial charge is 0.454 e. The Balaban J connectivity index is 1.47. The summed E-state index contributed by atoms with van der Waals surface area (Å²) in [5.41, 5.74) is 2.17. The van der Waals surface area contributed by atoms with Gasteiger partial charge < -0.3 is 14.8 Å². The molecule has 0 bridgehead atoms. The fraction of sp³-hybridized carbons (Fsp3) is 0.0500. The first-order valence-electron chi connectivity index (χ1n) is 7.96. The maximum absolute atomic E-state index is 12.4. The molecule has 26 heavy (non-hydrogen) atoms. The van der Waals surface area contributed by atoms with Gasteiger partial charge in [0, 0.05) is 34.8 Å². The van der Waals surface area contributed by atoms with Crippen molar-refractivity contribution in [3.63, 3.8) is 0 Å². The van der Waals surface area contributed by atoms with Gasteiger partial charge in [-0.25, -0.2) is 0 Å². The van der Waals surface area contributed by atoms with Crippen molar-refractivity contribution in [1.82, 2.24) is 4.98 Å². The summed E-state index contributed by atoms with van der Waals surface area (Å²) in [5, 5.41) is 2.80. The average Bonchev–Trinajstić information content (AvgIpc) is 3.16. The number of pyridine rings is 1. The van der Waals surface area contributed by atoms with Gasteiger partial charge in [0.2, 0.25) is 6.79 Å². The van der Waals surface area contributed by atoms with Gasteiger partial charge in [-0.2, -0.15) is 0 Å². The standard InChI is InChI=1S/C20H14N2O4/c23-19(14-7-9-21-10-8-14)13-1-4-16(5-2-13)22-20(24)15-3-6-17-18(11-15)26-12-25-17/h1-11H,12H2,(H,22,24). The molecule has 0 fully saturated rings. The molecule has 4 rings (SSSR count). The number of carbonyl (C=O) groups excluding carboxylic acids is 2. The highest BCUT2D eigenvalue weighted by molar-refractivity contribution is 6.09. The van der Waals surface area contributed by atoms with Gasteiger partial charge in [0.15, 0.2) is 17.3 Å². The molecule has 0 saturated carbocycles. The second-order valence-corrected chi connectivity index (χ2v) is 5.66. The van der Waals surface area contributed by atoms with Crippen molar-refractivity contribution in [3.05, 3.63) is 83.7 Å². The summed E-state index contributed by atoms with van der Waals surface area (Å²) in [6, 6.07) is 15.1. The molecule has 128 valence electrons. The van der Waals surface area contributed by atoms with E-state index in [-0.39, 0.29) is 18.5 Å². The van der Waals surface area contributed by atoms with Crippen LogP contribution in [0.4, 0.5) is 5.69 Å². The van der Waals surface area contributed by atoms with Crippen LogP contribution in [0.15, 0.2) is 67.0 Å². The van der Waals surface area contributed by atoms with Crippen LogP contribution >= 0.6 is 0 Å². The number of hydrogen-bond acceptors (Lipinski definition) is 5. The van der Waals surface area contributed by atoms with Crippen LogP contribution in [-0.4, -0.2) is 23.5 Å². The van der Waals surface area contributed by atoms with E-state index >= 15 is 0 Å². The number of fused-ring (bicyclic) bond motifs is 1. The zero-order chi connectivity index (χ0) is 17.9. The second kappa shape index (κ2) is 6.68. The van der Waals surface area contributed by atoms with Gasteiger partial charge in [0.25, 0.3) is 5.91 Å². The molecule has 0 atom stereocenters. The van der Waals surface area contributed by atoms with E-state index < -0.39 is 0 Å². The van der Waals surface area contributed by atoms with E-state index in [1.165, 1.54) is 0 Å². The number of amides is 1. The molecule has 1 aliphatic rings. The van der Waals surface area contributed by atoms with Crippen LogP contribution in [0.25, 0.3) is 0 Å². The molecule has 3 aromatic rings. The monoisotopic (exact) mass is 346 g/mol. The number of ketones is 1. The molecule has 6 nitrogen and oxygen atoms in total.